The number of nitrogens with zero attached hydrogens (tertiary/aromatic N) is 1. The monoisotopic (exact) mass is 207 g/mol. The molecule has 1 N–H and O–H groups in total. The molecule has 0 fully saturated rings. The van der Waals surface area contributed by atoms with Crippen molar-refractivity contribution in [2.75, 3.05) is 13.7 Å². The Morgan fingerprint density at radius 2 is 2.33 bits per heavy atom. The fourth-order valence-corrected chi connectivity index (χ4v) is 1.83. The topological polar surface area (TPSA) is 49.8 Å². The van der Waals surface area contributed by atoms with Crippen molar-refractivity contribution in [3.05, 3.63) is 29.3 Å². The smallest absolute Gasteiger partial charge is 0.341 e. The average molecular weight is 207 g/mol. The normalized spacial score (nSPS) is 15.0. The van der Waals surface area contributed by atoms with Gasteiger partial charge in [0.25, 0.3) is 0 Å². The quantitative estimate of drug-likeness (QED) is 0.806. The van der Waals surface area contributed by atoms with Gasteiger partial charge < -0.3 is 9.84 Å². The van der Waals surface area contributed by atoms with Gasteiger partial charge in [0, 0.05) is 18.7 Å². The number of carbonyl (C=O) groups is 1. The molecule has 0 aromatic heterocycles. The zero-order valence-corrected chi connectivity index (χ0v) is 8.56. The fraction of sp³-hybridized carbons (Fsp3) is 0.364. The van der Waals surface area contributed by atoms with Crippen LogP contribution in [0.3, 0.4) is 0 Å². The molecule has 4 nitrogen and oxygen atoms in total. The van der Waals surface area contributed by atoms with Gasteiger partial charge in [-0.25, -0.2) is 4.79 Å². The summed E-state index contributed by atoms with van der Waals surface area (Å²) in [5.74, 6) is -0.252. The van der Waals surface area contributed by atoms with Crippen LogP contribution in [0, 0.1) is 0 Å². The zero-order chi connectivity index (χ0) is 10.8. The minimum atomic E-state index is -0.945. The average Bonchev–Trinajstić information content (AvgIpc) is 2.55. The van der Waals surface area contributed by atoms with E-state index in [2.05, 4.69) is 4.90 Å². The fourth-order valence-electron chi connectivity index (χ4n) is 1.83. The Balaban J connectivity index is 2.19. The van der Waals surface area contributed by atoms with Crippen LogP contribution in [0.1, 0.15) is 11.1 Å². The molecule has 1 aromatic rings. The summed E-state index contributed by atoms with van der Waals surface area (Å²) < 4.78 is 5.23. The lowest BCUT2D eigenvalue weighted by Crippen LogP contribution is -2.11. The molecule has 0 unspecified atom stereocenters. The summed E-state index contributed by atoms with van der Waals surface area (Å²) in [6.07, 6.45) is 0. The van der Waals surface area contributed by atoms with E-state index in [1.165, 1.54) is 5.56 Å². The molecule has 2 rings (SSSR count). The second-order valence-electron chi connectivity index (χ2n) is 3.75. The van der Waals surface area contributed by atoms with Crippen LogP contribution in [0.2, 0.25) is 0 Å². The molecule has 0 saturated heterocycles. The van der Waals surface area contributed by atoms with Crippen molar-refractivity contribution in [1.29, 1.82) is 0 Å². The second kappa shape index (κ2) is 3.90. The lowest BCUT2D eigenvalue weighted by molar-refractivity contribution is -0.139. The van der Waals surface area contributed by atoms with Crippen LogP contribution in [-0.2, 0) is 17.9 Å². The number of carboxylic acid groups (broad SMARTS) is 1. The maximum absolute atomic E-state index is 10.4. The van der Waals surface area contributed by atoms with Crippen molar-refractivity contribution < 1.29 is 14.6 Å². The summed E-state index contributed by atoms with van der Waals surface area (Å²) >= 11 is 0. The first kappa shape index (κ1) is 9.98. The van der Waals surface area contributed by atoms with E-state index in [0.29, 0.717) is 5.75 Å². The molecule has 1 aliphatic heterocycles. The molecule has 0 saturated carbocycles. The van der Waals surface area contributed by atoms with Crippen LogP contribution in [0.25, 0.3) is 0 Å². The van der Waals surface area contributed by atoms with Crippen molar-refractivity contribution in [2.24, 2.45) is 0 Å². The van der Waals surface area contributed by atoms with Crippen molar-refractivity contribution in [3.8, 4) is 5.75 Å². The van der Waals surface area contributed by atoms with E-state index in [1.54, 1.807) is 0 Å². The van der Waals surface area contributed by atoms with E-state index in [-0.39, 0.29) is 6.61 Å². The van der Waals surface area contributed by atoms with Crippen molar-refractivity contribution in [2.45, 2.75) is 13.1 Å². The van der Waals surface area contributed by atoms with Gasteiger partial charge in [0.15, 0.2) is 6.61 Å². The van der Waals surface area contributed by atoms with Crippen molar-refractivity contribution in [1.82, 2.24) is 4.90 Å². The molecule has 1 aromatic carbocycles. The van der Waals surface area contributed by atoms with E-state index in [4.69, 9.17) is 9.84 Å². The summed E-state index contributed by atoms with van der Waals surface area (Å²) in [4.78, 5) is 12.6. The zero-order valence-electron chi connectivity index (χ0n) is 8.56. The summed E-state index contributed by atoms with van der Waals surface area (Å²) in [6.45, 7) is 1.45. The Hall–Kier alpha value is -1.55. The third-order valence-electron chi connectivity index (χ3n) is 2.45. The first-order valence-electron chi connectivity index (χ1n) is 4.80. The summed E-state index contributed by atoms with van der Waals surface area (Å²) in [7, 11) is 2.03. The molecule has 4 heteroatoms. The highest BCUT2D eigenvalue weighted by Crippen LogP contribution is 2.29. The number of hydrogen-bond donors (Lipinski definition) is 1. The number of fused-ring (bicyclic) bond motifs is 1. The van der Waals surface area contributed by atoms with Gasteiger partial charge in [-0.1, -0.05) is 12.1 Å². The summed E-state index contributed by atoms with van der Waals surface area (Å²) in [5, 5.41) is 8.54. The molecule has 0 radical (unpaired) electrons. The predicted molar refractivity (Wildman–Crippen MR) is 54.7 cm³/mol. The lowest BCUT2D eigenvalue weighted by atomic mass is 10.1. The van der Waals surface area contributed by atoms with Crippen LogP contribution >= 0.6 is 0 Å². The van der Waals surface area contributed by atoms with E-state index < -0.39 is 5.97 Å². The number of rotatable bonds is 3. The Morgan fingerprint density at radius 1 is 1.53 bits per heavy atom. The minimum Gasteiger partial charge on any atom is -0.482 e. The van der Waals surface area contributed by atoms with Gasteiger partial charge in [-0.15, -0.1) is 0 Å². The Bertz CT molecular complexity index is 389. The molecule has 0 spiro atoms. The summed E-state index contributed by atoms with van der Waals surface area (Å²) in [6, 6.07) is 5.77. The number of ether oxygens (including phenoxy) is 1. The van der Waals surface area contributed by atoms with Crippen LogP contribution in [0.5, 0.6) is 5.75 Å². The van der Waals surface area contributed by atoms with Gasteiger partial charge in [-0.2, -0.15) is 0 Å². The largest absolute Gasteiger partial charge is 0.482 e. The SMILES string of the molecule is CN1Cc2cccc(OCC(=O)O)c2C1. The third kappa shape index (κ3) is 2.10. The number of carboxylic acids is 1. The second-order valence-corrected chi connectivity index (χ2v) is 3.75. The maximum atomic E-state index is 10.4. The minimum absolute atomic E-state index is 0.278. The molecule has 1 heterocycles. The van der Waals surface area contributed by atoms with Crippen LogP contribution < -0.4 is 4.74 Å². The van der Waals surface area contributed by atoms with E-state index in [1.807, 2.05) is 25.2 Å². The Labute approximate surface area is 88.1 Å². The van der Waals surface area contributed by atoms with Gasteiger partial charge in [0.05, 0.1) is 0 Å². The van der Waals surface area contributed by atoms with Gasteiger partial charge in [-0.05, 0) is 18.7 Å². The standard InChI is InChI=1S/C11H13NO3/c1-12-5-8-3-2-4-10(9(8)6-12)15-7-11(13)14/h2-4H,5-7H2,1H3,(H,13,14). The van der Waals surface area contributed by atoms with Gasteiger partial charge >= 0.3 is 5.97 Å². The van der Waals surface area contributed by atoms with Gasteiger partial charge in [0.2, 0.25) is 0 Å². The molecule has 15 heavy (non-hydrogen) atoms. The highest BCUT2D eigenvalue weighted by Gasteiger charge is 2.19. The number of hydrogen-bond acceptors (Lipinski definition) is 3. The van der Waals surface area contributed by atoms with E-state index in [9.17, 15) is 4.79 Å². The third-order valence-corrected chi connectivity index (χ3v) is 2.45. The molecule has 0 aliphatic carbocycles. The van der Waals surface area contributed by atoms with E-state index in [0.717, 1.165) is 18.7 Å². The lowest BCUT2D eigenvalue weighted by Gasteiger charge is -2.08. The molecule has 0 amide bonds. The van der Waals surface area contributed by atoms with Crippen molar-refractivity contribution in [3.63, 3.8) is 0 Å². The van der Waals surface area contributed by atoms with Crippen LogP contribution in [0.4, 0.5) is 0 Å². The molecule has 0 atom stereocenters. The Morgan fingerprint density at radius 3 is 3.07 bits per heavy atom. The van der Waals surface area contributed by atoms with Gasteiger partial charge in [0.1, 0.15) is 5.75 Å². The molecular weight excluding hydrogens is 194 g/mol. The van der Waals surface area contributed by atoms with Crippen LogP contribution in [0.15, 0.2) is 18.2 Å². The number of benzene rings is 1. The molecule has 80 valence electrons. The highest BCUT2D eigenvalue weighted by molar-refractivity contribution is 5.68. The van der Waals surface area contributed by atoms with Gasteiger partial charge in [-0.3, -0.25) is 4.90 Å². The van der Waals surface area contributed by atoms with Crippen LogP contribution in [-0.4, -0.2) is 29.6 Å². The Kier molecular flexibility index (Phi) is 2.60. The predicted octanol–water partition coefficient (Wildman–Crippen LogP) is 1.10. The molecular formula is C11H13NO3. The molecule has 1 aliphatic rings. The first-order valence-corrected chi connectivity index (χ1v) is 4.80. The summed E-state index contributed by atoms with van der Waals surface area (Å²) in [5.41, 5.74) is 2.33. The van der Waals surface area contributed by atoms with Crippen molar-refractivity contribution >= 4 is 5.97 Å². The number of aliphatic carboxylic acids is 1. The maximum Gasteiger partial charge on any atom is 0.341 e. The molecule has 0 bridgehead atoms. The first-order chi connectivity index (χ1) is 7.16. The van der Waals surface area contributed by atoms with E-state index >= 15 is 0 Å². The highest BCUT2D eigenvalue weighted by atomic mass is 16.5.